The van der Waals surface area contributed by atoms with Crippen LogP contribution in [0, 0.1) is 0 Å². The Morgan fingerprint density at radius 2 is 2.07 bits per heavy atom. The summed E-state index contributed by atoms with van der Waals surface area (Å²) in [6.45, 7) is 0. The van der Waals surface area contributed by atoms with Gasteiger partial charge >= 0.3 is 5.63 Å². The van der Waals surface area contributed by atoms with E-state index < -0.39 is 5.63 Å². The maximum atomic E-state index is 11.5. The molecule has 0 saturated carbocycles. The molecule has 0 spiro atoms. The fourth-order valence-electron chi connectivity index (χ4n) is 1.43. The molecular weight excluding hydrogens is 194 g/mol. The second kappa shape index (κ2) is 3.57. The molecule has 1 aromatic carbocycles. The second-order valence-corrected chi connectivity index (χ2v) is 3.05. The zero-order chi connectivity index (χ0) is 10.8. The van der Waals surface area contributed by atoms with Gasteiger partial charge in [-0.1, -0.05) is 18.2 Å². The van der Waals surface area contributed by atoms with E-state index in [1.54, 1.807) is 24.3 Å². The molecule has 2 rings (SSSR count). The lowest BCUT2D eigenvalue weighted by Gasteiger charge is -2.02. The van der Waals surface area contributed by atoms with Gasteiger partial charge in [-0.25, -0.2) is 4.79 Å². The molecule has 0 radical (unpaired) electrons. The van der Waals surface area contributed by atoms with Gasteiger partial charge in [-0.3, -0.25) is 4.79 Å². The van der Waals surface area contributed by atoms with Crippen molar-refractivity contribution in [3.8, 4) is 0 Å². The first-order chi connectivity index (χ1) is 7.22. The number of rotatable bonds is 1. The van der Waals surface area contributed by atoms with Crippen molar-refractivity contribution in [1.82, 2.24) is 5.32 Å². The highest BCUT2D eigenvalue weighted by atomic mass is 16.4. The second-order valence-electron chi connectivity index (χ2n) is 3.05. The number of amides is 1. The summed E-state index contributed by atoms with van der Waals surface area (Å²) in [5, 5.41) is 3.12. The molecule has 1 heterocycles. The molecular formula is C11H9NO3. The van der Waals surface area contributed by atoms with Gasteiger partial charge in [-0.05, 0) is 6.07 Å². The van der Waals surface area contributed by atoms with Crippen molar-refractivity contribution < 1.29 is 9.21 Å². The zero-order valence-corrected chi connectivity index (χ0v) is 8.11. The summed E-state index contributed by atoms with van der Waals surface area (Å²) >= 11 is 0. The number of hydrogen-bond acceptors (Lipinski definition) is 3. The molecule has 1 N–H and O–H groups in total. The van der Waals surface area contributed by atoms with Crippen molar-refractivity contribution in [2.75, 3.05) is 7.05 Å². The molecule has 0 unspecified atom stereocenters. The highest BCUT2D eigenvalue weighted by molar-refractivity contribution is 6.05. The average molecular weight is 203 g/mol. The lowest BCUT2D eigenvalue weighted by Crippen LogP contribution is -2.19. The largest absolute Gasteiger partial charge is 0.423 e. The molecule has 0 atom stereocenters. The van der Waals surface area contributed by atoms with Crippen LogP contribution >= 0.6 is 0 Å². The van der Waals surface area contributed by atoms with Gasteiger partial charge in [0.1, 0.15) is 5.58 Å². The molecule has 0 bridgehead atoms. The third kappa shape index (κ3) is 1.61. The van der Waals surface area contributed by atoms with E-state index in [1.165, 1.54) is 13.1 Å². The Hall–Kier alpha value is -2.10. The summed E-state index contributed by atoms with van der Waals surface area (Å²) in [7, 11) is 1.52. The first-order valence-electron chi connectivity index (χ1n) is 4.47. The topological polar surface area (TPSA) is 59.3 Å². The first kappa shape index (κ1) is 9.45. The maximum Gasteiger partial charge on any atom is 0.337 e. The van der Waals surface area contributed by atoms with Crippen LogP contribution in [0.5, 0.6) is 0 Å². The van der Waals surface area contributed by atoms with E-state index in [-0.39, 0.29) is 5.91 Å². The summed E-state index contributed by atoms with van der Waals surface area (Å²) in [5.41, 5.74) is 0.236. The lowest BCUT2D eigenvalue weighted by atomic mass is 10.1. The van der Waals surface area contributed by atoms with Gasteiger partial charge < -0.3 is 9.73 Å². The van der Waals surface area contributed by atoms with Crippen molar-refractivity contribution in [2.45, 2.75) is 0 Å². The molecule has 76 valence electrons. The summed E-state index contributed by atoms with van der Waals surface area (Å²) in [6, 6.07) is 8.13. The number of carbonyl (C=O) groups is 1. The molecule has 0 aliphatic carbocycles. The van der Waals surface area contributed by atoms with Gasteiger partial charge in [0.2, 0.25) is 0 Å². The van der Waals surface area contributed by atoms with Crippen molar-refractivity contribution in [1.29, 1.82) is 0 Å². The maximum absolute atomic E-state index is 11.5. The predicted molar refractivity (Wildman–Crippen MR) is 55.9 cm³/mol. The molecule has 1 amide bonds. The van der Waals surface area contributed by atoms with Gasteiger partial charge in [0.25, 0.3) is 5.91 Å². The van der Waals surface area contributed by atoms with E-state index in [9.17, 15) is 9.59 Å². The summed E-state index contributed by atoms with van der Waals surface area (Å²) < 4.78 is 4.96. The molecule has 15 heavy (non-hydrogen) atoms. The number of hydrogen-bond donors (Lipinski definition) is 1. The molecule has 4 nitrogen and oxygen atoms in total. The fourth-order valence-corrected chi connectivity index (χ4v) is 1.43. The average Bonchev–Trinajstić information content (AvgIpc) is 2.26. The normalized spacial score (nSPS) is 10.2. The Morgan fingerprint density at radius 3 is 2.80 bits per heavy atom. The monoisotopic (exact) mass is 203 g/mol. The Bertz CT molecular complexity index is 571. The van der Waals surface area contributed by atoms with Crippen molar-refractivity contribution in [3.63, 3.8) is 0 Å². The summed E-state index contributed by atoms with van der Waals surface area (Å²) in [4.78, 5) is 22.7. The minimum absolute atomic E-state index is 0.292. The van der Waals surface area contributed by atoms with Crippen LogP contribution in [0.1, 0.15) is 10.4 Å². The highest BCUT2D eigenvalue weighted by Crippen LogP contribution is 2.15. The van der Waals surface area contributed by atoms with Crippen molar-refractivity contribution in [2.24, 2.45) is 0 Å². The SMILES string of the molecule is CNC(=O)c1cc(=O)oc2ccccc12. The fraction of sp³-hybridized carbons (Fsp3) is 0.0909. The molecule has 4 heteroatoms. The van der Waals surface area contributed by atoms with Crippen molar-refractivity contribution >= 4 is 16.9 Å². The number of carbonyl (C=O) groups excluding carboxylic acids is 1. The van der Waals surface area contributed by atoms with Crippen LogP contribution in [0.15, 0.2) is 39.5 Å². The zero-order valence-electron chi connectivity index (χ0n) is 8.11. The molecule has 0 fully saturated rings. The smallest absolute Gasteiger partial charge is 0.337 e. The third-order valence-electron chi connectivity index (χ3n) is 2.12. The molecule has 0 aliphatic heterocycles. The highest BCUT2D eigenvalue weighted by Gasteiger charge is 2.10. The van der Waals surface area contributed by atoms with E-state index in [4.69, 9.17) is 4.42 Å². The lowest BCUT2D eigenvalue weighted by molar-refractivity contribution is 0.0964. The first-order valence-corrected chi connectivity index (χ1v) is 4.47. The predicted octanol–water partition coefficient (Wildman–Crippen LogP) is 1.15. The van der Waals surface area contributed by atoms with E-state index in [0.29, 0.717) is 16.5 Å². The molecule has 0 aliphatic rings. The van der Waals surface area contributed by atoms with Crippen LogP contribution in [-0.2, 0) is 0 Å². The van der Waals surface area contributed by atoms with Gasteiger partial charge in [0, 0.05) is 18.5 Å². The van der Waals surface area contributed by atoms with Crippen LogP contribution in [0.3, 0.4) is 0 Å². The standard InChI is InChI=1S/C11H9NO3/c1-12-11(14)8-6-10(13)15-9-5-3-2-4-7(8)9/h2-6H,1H3,(H,12,14). The quantitative estimate of drug-likeness (QED) is 0.707. The number of benzene rings is 1. The third-order valence-corrected chi connectivity index (χ3v) is 2.12. The van der Waals surface area contributed by atoms with E-state index in [1.807, 2.05) is 0 Å². The van der Waals surface area contributed by atoms with Gasteiger partial charge in [0.05, 0.1) is 5.56 Å². The minimum Gasteiger partial charge on any atom is -0.423 e. The molecule has 1 aromatic heterocycles. The van der Waals surface area contributed by atoms with Crippen LogP contribution in [0.25, 0.3) is 11.0 Å². The number of para-hydroxylation sites is 1. The van der Waals surface area contributed by atoms with E-state index in [2.05, 4.69) is 5.32 Å². The number of nitrogens with one attached hydrogen (secondary N) is 1. The van der Waals surface area contributed by atoms with Crippen molar-refractivity contribution in [3.05, 3.63) is 46.3 Å². The Kier molecular flexibility index (Phi) is 2.25. The van der Waals surface area contributed by atoms with E-state index >= 15 is 0 Å². The number of fused-ring (bicyclic) bond motifs is 1. The van der Waals surface area contributed by atoms with Gasteiger partial charge in [-0.15, -0.1) is 0 Å². The minimum atomic E-state index is -0.521. The van der Waals surface area contributed by atoms with Crippen LogP contribution < -0.4 is 10.9 Å². The van der Waals surface area contributed by atoms with Crippen LogP contribution in [0.2, 0.25) is 0 Å². The van der Waals surface area contributed by atoms with Gasteiger partial charge in [-0.2, -0.15) is 0 Å². The summed E-state index contributed by atoms with van der Waals surface area (Å²) in [6.07, 6.45) is 0. The van der Waals surface area contributed by atoms with Crippen LogP contribution in [0.4, 0.5) is 0 Å². The molecule has 0 saturated heterocycles. The Balaban J connectivity index is 2.82. The summed E-state index contributed by atoms with van der Waals surface area (Å²) in [5.74, 6) is -0.292. The van der Waals surface area contributed by atoms with Crippen LogP contribution in [-0.4, -0.2) is 13.0 Å². The van der Waals surface area contributed by atoms with E-state index in [0.717, 1.165) is 0 Å². The Labute approximate surface area is 85.5 Å². The van der Waals surface area contributed by atoms with Gasteiger partial charge in [0.15, 0.2) is 0 Å². The molecule has 2 aromatic rings. The Morgan fingerprint density at radius 1 is 1.33 bits per heavy atom.